The number of aryl methyl sites for hydroxylation is 1. The predicted octanol–water partition coefficient (Wildman–Crippen LogP) is 0.735. The van der Waals surface area contributed by atoms with Gasteiger partial charge in [0.05, 0.1) is 0 Å². The molecule has 1 saturated heterocycles. The SMILES string of the molecule is Cc1cc(C(=O)N2CCN(c3ncccn3)CC2)no1. The molecular formula is C13H15N5O2. The average molecular weight is 273 g/mol. The summed E-state index contributed by atoms with van der Waals surface area (Å²) in [5.74, 6) is 1.26. The maximum Gasteiger partial charge on any atom is 0.276 e. The minimum Gasteiger partial charge on any atom is -0.361 e. The monoisotopic (exact) mass is 273 g/mol. The van der Waals surface area contributed by atoms with Gasteiger partial charge in [0.25, 0.3) is 5.91 Å². The summed E-state index contributed by atoms with van der Waals surface area (Å²) in [4.78, 5) is 24.5. The Kier molecular flexibility index (Phi) is 3.32. The Morgan fingerprint density at radius 3 is 2.50 bits per heavy atom. The Morgan fingerprint density at radius 1 is 1.20 bits per heavy atom. The first kappa shape index (κ1) is 12.6. The van der Waals surface area contributed by atoms with Gasteiger partial charge in [0.15, 0.2) is 5.69 Å². The summed E-state index contributed by atoms with van der Waals surface area (Å²) in [5, 5.41) is 3.76. The van der Waals surface area contributed by atoms with Gasteiger partial charge in [-0.15, -0.1) is 0 Å². The number of nitrogens with zero attached hydrogens (tertiary/aromatic N) is 5. The van der Waals surface area contributed by atoms with Crippen LogP contribution in [0.15, 0.2) is 29.0 Å². The summed E-state index contributed by atoms with van der Waals surface area (Å²) in [5.41, 5.74) is 0.368. The number of anilines is 1. The molecule has 0 aromatic carbocycles. The van der Waals surface area contributed by atoms with E-state index in [0.717, 1.165) is 0 Å². The zero-order valence-corrected chi connectivity index (χ0v) is 11.2. The Hall–Kier alpha value is -2.44. The van der Waals surface area contributed by atoms with Crippen LogP contribution in [0.3, 0.4) is 0 Å². The van der Waals surface area contributed by atoms with Gasteiger partial charge >= 0.3 is 0 Å². The first-order valence-electron chi connectivity index (χ1n) is 6.48. The van der Waals surface area contributed by atoms with E-state index in [2.05, 4.69) is 20.0 Å². The molecule has 0 bridgehead atoms. The fourth-order valence-corrected chi connectivity index (χ4v) is 2.19. The minimum absolute atomic E-state index is 0.0875. The molecule has 2 aromatic heterocycles. The highest BCUT2D eigenvalue weighted by Crippen LogP contribution is 2.12. The average Bonchev–Trinajstić information content (AvgIpc) is 2.94. The summed E-state index contributed by atoms with van der Waals surface area (Å²) in [6, 6.07) is 3.45. The maximum absolute atomic E-state index is 12.2. The first-order valence-corrected chi connectivity index (χ1v) is 6.48. The van der Waals surface area contributed by atoms with E-state index in [4.69, 9.17) is 4.52 Å². The van der Waals surface area contributed by atoms with Crippen LogP contribution >= 0.6 is 0 Å². The highest BCUT2D eigenvalue weighted by Gasteiger charge is 2.25. The lowest BCUT2D eigenvalue weighted by Gasteiger charge is -2.34. The second-order valence-corrected chi connectivity index (χ2v) is 4.65. The third kappa shape index (κ3) is 2.47. The lowest BCUT2D eigenvalue weighted by molar-refractivity contribution is 0.0735. The number of hydrogen-bond donors (Lipinski definition) is 0. The van der Waals surface area contributed by atoms with Crippen molar-refractivity contribution in [2.75, 3.05) is 31.1 Å². The number of aromatic nitrogens is 3. The first-order chi connectivity index (χ1) is 9.74. The number of carbonyl (C=O) groups is 1. The summed E-state index contributed by atoms with van der Waals surface area (Å²) in [6.07, 6.45) is 3.44. The molecule has 7 nitrogen and oxygen atoms in total. The molecule has 1 aliphatic rings. The number of carbonyl (C=O) groups excluding carboxylic acids is 1. The molecule has 0 spiro atoms. The van der Waals surface area contributed by atoms with Crippen molar-refractivity contribution in [3.8, 4) is 0 Å². The predicted molar refractivity (Wildman–Crippen MR) is 71.4 cm³/mol. The van der Waals surface area contributed by atoms with Crippen molar-refractivity contribution in [1.29, 1.82) is 0 Å². The van der Waals surface area contributed by atoms with Gasteiger partial charge in [-0.1, -0.05) is 5.16 Å². The molecular weight excluding hydrogens is 258 g/mol. The van der Waals surface area contributed by atoms with Crippen molar-refractivity contribution < 1.29 is 9.32 Å². The highest BCUT2D eigenvalue weighted by molar-refractivity contribution is 5.92. The normalized spacial score (nSPS) is 15.4. The van der Waals surface area contributed by atoms with Gasteiger partial charge in [0.1, 0.15) is 5.76 Å². The third-order valence-electron chi connectivity index (χ3n) is 3.25. The molecule has 20 heavy (non-hydrogen) atoms. The van der Waals surface area contributed by atoms with Crippen LogP contribution in [0.5, 0.6) is 0 Å². The molecule has 0 N–H and O–H groups in total. The van der Waals surface area contributed by atoms with E-state index in [1.54, 1.807) is 36.4 Å². The largest absolute Gasteiger partial charge is 0.361 e. The molecule has 1 fully saturated rings. The summed E-state index contributed by atoms with van der Waals surface area (Å²) < 4.78 is 4.94. The molecule has 1 amide bonds. The molecule has 0 radical (unpaired) electrons. The molecule has 0 aliphatic carbocycles. The number of piperazine rings is 1. The second kappa shape index (κ2) is 5.28. The van der Waals surface area contributed by atoms with Crippen LogP contribution in [0.2, 0.25) is 0 Å². The summed E-state index contributed by atoms with van der Waals surface area (Å²) in [6.45, 7) is 4.46. The number of rotatable bonds is 2. The molecule has 3 rings (SSSR count). The lowest BCUT2D eigenvalue weighted by atomic mass is 10.2. The fraction of sp³-hybridized carbons (Fsp3) is 0.385. The Balaban J connectivity index is 1.63. The lowest BCUT2D eigenvalue weighted by Crippen LogP contribution is -2.49. The highest BCUT2D eigenvalue weighted by atomic mass is 16.5. The van der Waals surface area contributed by atoms with E-state index in [1.165, 1.54) is 0 Å². The van der Waals surface area contributed by atoms with Crippen LogP contribution in [0, 0.1) is 6.92 Å². The molecule has 0 saturated carbocycles. The van der Waals surface area contributed by atoms with E-state index >= 15 is 0 Å². The van der Waals surface area contributed by atoms with Gasteiger partial charge < -0.3 is 14.3 Å². The van der Waals surface area contributed by atoms with Gasteiger partial charge in [-0.25, -0.2) is 9.97 Å². The number of amides is 1. The van der Waals surface area contributed by atoms with Crippen molar-refractivity contribution in [1.82, 2.24) is 20.0 Å². The van der Waals surface area contributed by atoms with Gasteiger partial charge in [-0.2, -0.15) is 0 Å². The molecule has 104 valence electrons. The van der Waals surface area contributed by atoms with Crippen LogP contribution in [0.1, 0.15) is 16.2 Å². The zero-order valence-electron chi connectivity index (χ0n) is 11.2. The topological polar surface area (TPSA) is 75.4 Å². The molecule has 0 unspecified atom stereocenters. The van der Waals surface area contributed by atoms with Crippen LogP contribution in [-0.4, -0.2) is 52.1 Å². The Labute approximate surface area is 116 Å². The van der Waals surface area contributed by atoms with Crippen LogP contribution in [-0.2, 0) is 0 Å². The van der Waals surface area contributed by atoms with Crippen molar-refractivity contribution in [2.45, 2.75) is 6.92 Å². The van der Waals surface area contributed by atoms with Crippen LogP contribution < -0.4 is 4.90 Å². The molecule has 3 heterocycles. The van der Waals surface area contributed by atoms with E-state index in [9.17, 15) is 4.79 Å². The Bertz CT molecular complexity index is 590. The minimum atomic E-state index is -0.0875. The number of hydrogen-bond acceptors (Lipinski definition) is 6. The smallest absolute Gasteiger partial charge is 0.276 e. The van der Waals surface area contributed by atoms with Crippen LogP contribution in [0.4, 0.5) is 5.95 Å². The zero-order chi connectivity index (χ0) is 13.9. The van der Waals surface area contributed by atoms with E-state index in [0.29, 0.717) is 43.6 Å². The van der Waals surface area contributed by atoms with Gasteiger partial charge in [-0.05, 0) is 13.0 Å². The molecule has 1 aliphatic heterocycles. The third-order valence-corrected chi connectivity index (χ3v) is 3.25. The second-order valence-electron chi connectivity index (χ2n) is 4.65. The fourth-order valence-electron chi connectivity index (χ4n) is 2.19. The van der Waals surface area contributed by atoms with Gasteiger partial charge in [0.2, 0.25) is 5.95 Å². The Morgan fingerprint density at radius 2 is 1.90 bits per heavy atom. The van der Waals surface area contributed by atoms with Crippen LogP contribution in [0.25, 0.3) is 0 Å². The standard InChI is InChI=1S/C13H15N5O2/c1-10-9-11(16-20-10)12(19)17-5-7-18(8-6-17)13-14-3-2-4-15-13/h2-4,9H,5-8H2,1H3. The maximum atomic E-state index is 12.2. The molecule has 2 aromatic rings. The van der Waals surface area contributed by atoms with Crippen molar-refractivity contribution in [3.63, 3.8) is 0 Å². The summed E-state index contributed by atoms with van der Waals surface area (Å²) >= 11 is 0. The summed E-state index contributed by atoms with van der Waals surface area (Å²) in [7, 11) is 0. The van der Waals surface area contributed by atoms with E-state index in [-0.39, 0.29) is 5.91 Å². The van der Waals surface area contributed by atoms with Gasteiger partial charge in [-0.3, -0.25) is 4.79 Å². The quantitative estimate of drug-likeness (QED) is 0.803. The molecule has 7 heteroatoms. The van der Waals surface area contributed by atoms with Crippen molar-refractivity contribution in [2.24, 2.45) is 0 Å². The van der Waals surface area contributed by atoms with E-state index < -0.39 is 0 Å². The van der Waals surface area contributed by atoms with Gasteiger partial charge in [0, 0.05) is 44.6 Å². The molecule has 0 atom stereocenters. The van der Waals surface area contributed by atoms with Crippen molar-refractivity contribution in [3.05, 3.63) is 36.0 Å². The van der Waals surface area contributed by atoms with E-state index in [1.807, 2.05) is 0 Å². The van der Waals surface area contributed by atoms with Crippen molar-refractivity contribution >= 4 is 11.9 Å².